The second-order valence-electron chi connectivity index (χ2n) is 7.25. The minimum atomic E-state index is 0.231. The number of fused-ring (bicyclic) bond motifs is 1. The number of amides is 1. The maximum Gasteiger partial charge on any atom is 0.222 e. The van der Waals surface area contributed by atoms with Crippen LogP contribution in [0.25, 0.3) is 10.9 Å². The third-order valence-electron chi connectivity index (χ3n) is 5.42. The Balaban J connectivity index is 1.28. The van der Waals surface area contributed by atoms with Crippen LogP contribution in [0.5, 0.6) is 0 Å². The summed E-state index contributed by atoms with van der Waals surface area (Å²) < 4.78 is 0. The van der Waals surface area contributed by atoms with Crippen molar-refractivity contribution in [2.75, 3.05) is 26.2 Å². The highest BCUT2D eigenvalue weighted by Crippen LogP contribution is 2.23. The number of nitrogens with one attached hydrogen (secondary N) is 1. The van der Waals surface area contributed by atoms with Gasteiger partial charge < -0.3 is 9.88 Å². The molecule has 2 aromatic carbocycles. The summed E-state index contributed by atoms with van der Waals surface area (Å²) in [5.41, 5.74) is 3.41. The molecule has 0 bridgehead atoms. The molecule has 0 radical (unpaired) electrons. The Labute approximate surface area is 175 Å². The molecule has 0 unspecified atom stereocenters. The smallest absolute Gasteiger partial charge is 0.222 e. The number of hydrogen-bond acceptors (Lipinski definition) is 2. The van der Waals surface area contributed by atoms with E-state index in [4.69, 9.17) is 23.2 Å². The Hall–Kier alpha value is -2.01. The number of halogens is 2. The summed E-state index contributed by atoms with van der Waals surface area (Å²) in [5, 5.41) is 2.56. The van der Waals surface area contributed by atoms with Crippen molar-refractivity contribution >= 4 is 40.0 Å². The Morgan fingerprint density at radius 1 is 1.00 bits per heavy atom. The third-order valence-corrected chi connectivity index (χ3v) is 6.00. The average Bonchev–Trinajstić information content (AvgIpc) is 3.12. The molecule has 1 aromatic heterocycles. The van der Waals surface area contributed by atoms with Crippen molar-refractivity contribution in [2.45, 2.75) is 19.4 Å². The second kappa shape index (κ2) is 8.56. The molecule has 0 saturated carbocycles. The van der Waals surface area contributed by atoms with Gasteiger partial charge >= 0.3 is 0 Å². The number of aromatic amines is 1. The highest BCUT2D eigenvalue weighted by atomic mass is 35.5. The summed E-state index contributed by atoms with van der Waals surface area (Å²) in [6, 6.07) is 13.8. The van der Waals surface area contributed by atoms with Gasteiger partial charge in [0.2, 0.25) is 5.91 Å². The molecule has 1 N–H and O–H groups in total. The Bertz CT molecular complexity index is 977. The summed E-state index contributed by atoms with van der Waals surface area (Å²) in [7, 11) is 0. The Morgan fingerprint density at radius 3 is 2.57 bits per heavy atom. The van der Waals surface area contributed by atoms with Gasteiger partial charge in [0.25, 0.3) is 0 Å². The molecular weight excluding hydrogens is 393 g/mol. The summed E-state index contributed by atoms with van der Waals surface area (Å²) in [4.78, 5) is 20.2. The van der Waals surface area contributed by atoms with Gasteiger partial charge in [-0.2, -0.15) is 0 Å². The molecule has 6 heteroatoms. The molecule has 2 heterocycles. The maximum atomic E-state index is 12.6. The molecule has 4 nitrogen and oxygen atoms in total. The van der Waals surface area contributed by atoms with Crippen molar-refractivity contribution in [1.82, 2.24) is 14.8 Å². The molecule has 0 spiro atoms. The number of H-pyrrole nitrogens is 1. The number of rotatable bonds is 5. The van der Waals surface area contributed by atoms with Gasteiger partial charge in [0.1, 0.15) is 0 Å². The lowest BCUT2D eigenvalue weighted by Crippen LogP contribution is -2.48. The minimum Gasteiger partial charge on any atom is -0.361 e. The first kappa shape index (κ1) is 19.3. The molecule has 3 aromatic rings. The molecule has 0 aliphatic carbocycles. The van der Waals surface area contributed by atoms with Crippen molar-refractivity contribution in [3.05, 3.63) is 69.8 Å². The quantitative estimate of drug-likeness (QED) is 0.652. The van der Waals surface area contributed by atoms with Crippen LogP contribution in [0.1, 0.15) is 17.5 Å². The molecular formula is C22H23Cl2N3O. The van der Waals surface area contributed by atoms with Crippen LogP contribution < -0.4 is 0 Å². The minimum absolute atomic E-state index is 0.231. The van der Waals surface area contributed by atoms with E-state index in [9.17, 15) is 4.79 Å². The lowest BCUT2D eigenvalue weighted by Gasteiger charge is -2.35. The number of carbonyl (C=O) groups is 1. The van der Waals surface area contributed by atoms with Crippen LogP contribution in [0, 0.1) is 0 Å². The van der Waals surface area contributed by atoms with Crippen molar-refractivity contribution in [2.24, 2.45) is 0 Å². The fraction of sp³-hybridized carbons (Fsp3) is 0.318. The van der Waals surface area contributed by atoms with Crippen LogP contribution in [0.4, 0.5) is 0 Å². The van der Waals surface area contributed by atoms with Crippen LogP contribution in [-0.4, -0.2) is 46.9 Å². The Morgan fingerprint density at radius 2 is 1.79 bits per heavy atom. The number of para-hydroxylation sites is 1. The molecule has 1 aliphatic heterocycles. The normalized spacial score (nSPS) is 15.3. The monoisotopic (exact) mass is 415 g/mol. The number of nitrogens with zero attached hydrogens (tertiary/aromatic N) is 2. The van der Waals surface area contributed by atoms with Crippen LogP contribution in [-0.2, 0) is 17.8 Å². The number of carbonyl (C=O) groups excluding carboxylic acids is 1. The first-order chi connectivity index (χ1) is 13.6. The molecule has 1 saturated heterocycles. The van der Waals surface area contributed by atoms with E-state index in [0.29, 0.717) is 16.5 Å². The zero-order valence-electron chi connectivity index (χ0n) is 15.6. The fourth-order valence-corrected chi connectivity index (χ4v) is 4.25. The lowest BCUT2D eigenvalue weighted by molar-refractivity contribution is -0.132. The van der Waals surface area contributed by atoms with Crippen molar-refractivity contribution < 1.29 is 4.79 Å². The van der Waals surface area contributed by atoms with E-state index in [2.05, 4.69) is 22.0 Å². The average molecular weight is 416 g/mol. The summed E-state index contributed by atoms with van der Waals surface area (Å²) in [6.45, 7) is 4.03. The fourth-order valence-electron chi connectivity index (χ4n) is 3.78. The van der Waals surface area contributed by atoms with Gasteiger partial charge in [-0.1, -0.05) is 47.5 Å². The van der Waals surface area contributed by atoms with Gasteiger partial charge in [0, 0.05) is 66.3 Å². The van der Waals surface area contributed by atoms with Gasteiger partial charge in [0.15, 0.2) is 0 Å². The van der Waals surface area contributed by atoms with Crippen molar-refractivity contribution in [3.8, 4) is 0 Å². The molecule has 28 heavy (non-hydrogen) atoms. The molecule has 146 valence electrons. The second-order valence-corrected chi connectivity index (χ2v) is 8.10. The standard InChI is InChI=1S/C22H23Cl2N3O/c23-18-7-5-17(20(24)13-18)15-26-9-11-27(12-10-26)22(28)8-6-16-14-25-21-4-2-1-3-19(16)21/h1-5,7,13-14,25H,6,8-12,15H2. The topological polar surface area (TPSA) is 39.3 Å². The summed E-state index contributed by atoms with van der Waals surface area (Å²) >= 11 is 12.2. The van der Waals surface area contributed by atoms with E-state index < -0.39 is 0 Å². The largest absolute Gasteiger partial charge is 0.361 e. The van der Waals surface area contributed by atoms with Gasteiger partial charge in [-0.3, -0.25) is 9.69 Å². The lowest BCUT2D eigenvalue weighted by atomic mass is 10.1. The van der Waals surface area contributed by atoms with E-state index in [1.807, 2.05) is 35.4 Å². The zero-order chi connectivity index (χ0) is 19.5. The number of hydrogen-bond donors (Lipinski definition) is 1. The Kier molecular flexibility index (Phi) is 5.90. The van der Waals surface area contributed by atoms with E-state index in [-0.39, 0.29) is 5.91 Å². The number of aryl methyl sites for hydroxylation is 1. The first-order valence-corrected chi connectivity index (χ1v) is 10.3. The molecule has 1 amide bonds. The summed E-state index contributed by atoms with van der Waals surface area (Å²) in [5.74, 6) is 0.231. The SMILES string of the molecule is O=C(CCc1c[nH]c2ccccc12)N1CCN(Cc2ccc(Cl)cc2Cl)CC1. The van der Waals surface area contributed by atoms with Crippen molar-refractivity contribution in [1.29, 1.82) is 0 Å². The summed E-state index contributed by atoms with van der Waals surface area (Å²) in [6.07, 6.45) is 3.33. The van der Waals surface area contributed by atoms with E-state index in [1.165, 1.54) is 10.9 Å². The predicted octanol–water partition coefficient (Wildman–Crippen LogP) is 4.75. The molecule has 4 rings (SSSR count). The van der Waals surface area contributed by atoms with Crippen LogP contribution >= 0.6 is 23.2 Å². The van der Waals surface area contributed by atoms with E-state index in [0.717, 1.165) is 50.2 Å². The van der Waals surface area contributed by atoms with Crippen molar-refractivity contribution in [3.63, 3.8) is 0 Å². The first-order valence-electron chi connectivity index (χ1n) is 9.59. The predicted molar refractivity (Wildman–Crippen MR) is 115 cm³/mol. The van der Waals surface area contributed by atoms with Gasteiger partial charge in [-0.25, -0.2) is 0 Å². The highest BCUT2D eigenvalue weighted by molar-refractivity contribution is 6.35. The number of piperazine rings is 1. The van der Waals surface area contributed by atoms with Gasteiger partial charge in [-0.05, 0) is 35.7 Å². The van der Waals surface area contributed by atoms with Crippen LogP contribution in [0.2, 0.25) is 10.0 Å². The van der Waals surface area contributed by atoms with Gasteiger partial charge in [0.05, 0.1) is 0 Å². The van der Waals surface area contributed by atoms with E-state index in [1.54, 1.807) is 6.07 Å². The van der Waals surface area contributed by atoms with Crippen LogP contribution in [0.3, 0.4) is 0 Å². The molecule has 0 atom stereocenters. The maximum absolute atomic E-state index is 12.6. The highest BCUT2D eigenvalue weighted by Gasteiger charge is 2.21. The third kappa shape index (κ3) is 4.35. The molecule has 1 fully saturated rings. The number of aromatic nitrogens is 1. The van der Waals surface area contributed by atoms with Crippen LogP contribution in [0.15, 0.2) is 48.7 Å². The van der Waals surface area contributed by atoms with E-state index >= 15 is 0 Å². The van der Waals surface area contributed by atoms with Gasteiger partial charge in [-0.15, -0.1) is 0 Å². The molecule has 1 aliphatic rings. The zero-order valence-corrected chi connectivity index (χ0v) is 17.1. The number of benzene rings is 2.